The molecule has 0 saturated carbocycles. The molecule has 11 heteroatoms. The summed E-state index contributed by atoms with van der Waals surface area (Å²) < 4.78 is 14.4. The monoisotopic (exact) mass is 410 g/mol. The molecule has 156 valence electrons. The summed E-state index contributed by atoms with van der Waals surface area (Å²) >= 11 is 0. The van der Waals surface area contributed by atoms with Crippen molar-refractivity contribution < 1.29 is 53.8 Å². The van der Waals surface area contributed by atoms with Crippen molar-refractivity contribution in [3.63, 3.8) is 0 Å². The molecule has 4 N–H and O–H groups in total. The van der Waals surface area contributed by atoms with Crippen LogP contribution in [0.2, 0.25) is 0 Å². The van der Waals surface area contributed by atoms with E-state index in [2.05, 4.69) is 0 Å². The van der Waals surface area contributed by atoms with Crippen LogP contribution in [-0.2, 0) is 28.6 Å². The van der Waals surface area contributed by atoms with E-state index in [0.29, 0.717) is 6.08 Å². The van der Waals surface area contributed by atoms with Crippen molar-refractivity contribution in [1.29, 1.82) is 0 Å². The number of carbonyl (C=O) groups excluding carboxylic acids is 3. The lowest BCUT2D eigenvalue weighted by atomic mass is 9.80. The molecule has 0 amide bonds. The van der Waals surface area contributed by atoms with E-state index < -0.39 is 69.8 Å². The molecule has 1 aliphatic rings. The third-order valence-corrected chi connectivity index (χ3v) is 4.01. The number of esters is 3. The van der Waals surface area contributed by atoms with Gasteiger partial charge in [-0.3, -0.25) is 0 Å². The smallest absolute Gasteiger partial charge is 0.346 e. The van der Waals surface area contributed by atoms with Crippen molar-refractivity contribution in [2.24, 2.45) is 0 Å². The van der Waals surface area contributed by atoms with Crippen molar-refractivity contribution in [3.05, 3.63) is 28.8 Å². The summed E-state index contributed by atoms with van der Waals surface area (Å²) in [5.74, 6) is -9.78. The normalized spacial score (nSPS) is 18.4. The average Bonchev–Trinajstić information content (AvgIpc) is 2.65. The quantitative estimate of drug-likeness (QED) is 0.223. The summed E-state index contributed by atoms with van der Waals surface area (Å²) in [5, 5.41) is 39.3. The lowest BCUT2D eigenvalue weighted by molar-refractivity contribution is -0.149. The molecule has 29 heavy (non-hydrogen) atoms. The van der Waals surface area contributed by atoms with Gasteiger partial charge in [-0.1, -0.05) is 0 Å². The maximum Gasteiger partial charge on any atom is 0.346 e. The van der Waals surface area contributed by atoms with Crippen LogP contribution in [0.25, 0.3) is 0 Å². The number of ether oxygens (including phenoxy) is 3. The number of aromatic hydroxyl groups is 3. The fraction of sp³-hybridized carbons (Fsp3) is 0.333. The molecular formula is C18H18O11. The Hall–Kier alpha value is -3.76. The molecule has 0 unspecified atom stereocenters. The topological polar surface area (TPSA) is 177 Å². The number of carboxylic acid groups (broad SMARTS) is 1. The largest absolute Gasteiger partial charge is 0.504 e. The van der Waals surface area contributed by atoms with Crippen LogP contribution in [0, 0.1) is 0 Å². The highest BCUT2D eigenvalue weighted by Crippen LogP contribution is 2.49. The third-order valence-electron chi connectivity index (χ3n) is 4.01. The molecule has 0 fully saturated rings. The predicted octanol–water partition coefficient (Wildman–Crippen LogP) is 0.563. The summed E-state index contributed by atoms with van der Waals surface area (Å²) in [7, 11) is 0. The molecule has 1 aromatic rings. The van der Waals surface area contributed by atoms with Gasteiger partial charge in [-0.05, 0) is 19.9 Å². The fourth-order valence-corrected chi connectivity index (χ4v) is 2.85. The first-order chi connectivity index (χ1) is 13.6. The molecule has 11 nitrogen and oxygen atoms in total. The zero-order valence-electron chi connectivity index (χ0n) is 15.4. The standard InChI is InChI=1S/C18H18O11/c1-3-27-10(20)6-8(17(25)28-4-2)12-11-7(5-9(19)13(21)14(11)22)18(26)29-15(12)16(23)24/h5-6,12,15,19,21-22H,3-4H2,1-2H3,(H,23,24)/b8-6-/t12-,15-/m0/s1. The second-order valence-corrected chi connectivity index (χ2v) is 5.77. The summed E-state index contributed by atoms with van der Waals surface area (Å²) in [6, 6.07) is 0.741. The van der Waals surface area contributed by atoms with Crippen molar-refractivity contribution in [2.45, 2.75) is 25.9 Å². The van der Waals surface area contributed by atoms with E-state index in [1.165, 1.54) is 13.8 Å². The summed E-state index contributed by atoms with van der Waals surface area (Å²) in [6.07, 6.45) is -1.39. The maximum atomic E-state index is 12.5. The highest BCUT2D eigenvalue weighted by atomic mass is 16.6. The molecule has 0 saturated heterocycles. The van der Waals surface area contributed by atoms with Crippen LogP contribution in [0.5, 0.6) is 17.2 Å². The molecule has 1 aromatic carbocycles. The fourth-order valence-electron chi connectivity index (χ4n) is 2.85. The number of aliphatic carboxylic acids is 1. The van der Waals surface area contributed by atoms with E-state index in [1.54, 1.807) is 0 Å². The Balaban J connectivity index is 2.82. The van der Waals surface area contributed by atoms with E-state index in [9.17, 15) is 39.6 Å². The van der Waals surface area contributed by atoms with Crippen molar-refractivity contribution in [3.8, 4) is 17.2 Å². The lowest BCUT2D eigenvalue weighted by Gasteiger charge is -2.32. The van der Waals surface area contributed by atoms with Gasteiger partial charge in [-0.15, -0.1) is 0 Å². The SMILES string of the molecule is CCOC(=O)/C=C(\C(=O)OCC)[C@H]1c2c(cc(O)c(O)c2O)C(=O)O[C@@H]1C(=O)O. The van der Waals surface area contributed by atoms with Gasteiger partial charge in [-0.2, -0.15) is 0 Å². The Bertz CT molecular complexity index is 900. The first kappa shape index (κ1) is 21.5. The van der Waals surface area contributed by atoms with Gasteiger partial charge in [0.1, 0.15) is 0 Å². The first-order valence-corrected chi connectivity index (χ1v) is 8.40. The average molecular weight is 410 g/mol. The van der Waals surface area contributed by atoms with Gasteiger partial charge in [0.25, 0.3) is 0 Å². The van der Waals surface area contributed by atoms with Crippen molar-refractivity contribution in [1.82, 2.24) is 0 Å². The van der Waals surface area contributed by atoms with Gasteiger partial charge in [-0.25, -0.2) is 19.2 Å². The first-order valence-electron chi connectivity index (χ1n) is 8.40. The molecule has 0 aliphatic carbocycles. The Morgan fingerprint density at radius 1 is 1.10 bits per heavy atom. The molecule has 0 bridgehead atoms. The third kappa shape index (κ3) is 4.08. The minimum Gasteiger partial charge on any atom is -0.504 e. The highest BCUT2D eigenvalue weighted by molar-refractivity contribution is 6.03. The number of carboxylic acids is 1. The minimum atomic E-state index is -2.05. The molecule has 0 radical (unpaired) electrons. The Labute approximate surface area is 163 Å². The van der Waals surface area contributed by atoms with Crippen molar-refractivity contribution in [2.75, 3.05) is 13.2 Å². The Morgan fingerprint density at radius 3 is 2.28 bits per heavy atom. The predicted molar refractivity (Wildman–Crippen MR) is 92.4 cm³/mol. The van der Waals surface area contributed by atoms with Crippen LogP contribution in [0.4, 0.5) is 0 Å². The second-order valence-electron chi connectivity index (χ2n) is 5.77. The zero-order valence-corrected chi connectivity index (χ0v) is 15.4. The number of phenols is 3. The molecule has 0 aromatic heterocycles. The number of fused-ring (bicyclic) bond motifs is 1. The Morgan fingerprint density at radius 2 is 1.72 bits per heavy atom. The number of hydrogen-bond acceptors (Lipinski definition) is 10. The van der Waals surface area contributed by atoms with Crippen molar-refractivity contribution >= 4 is 23.9 Å². The van der Waals surface area contributed by atoms with Gasteiger partial charge in [0.05, 0.1) is 30.3 Å². The van der Waals surface area contributed by atoms with Crippen LogP contribution in [0.1, 0.15) is 35.7 Å². The highest BCUT2D eigenvalue weighted by Gasteiger charge is 2.47. The molecule has 2 rings (SSSR count). The van der Waals surface area contributed by atoms with E-state index >= 15 is 0 Å². The number of rotatable bonds is 6. The van der Waals surface area contributed by atoms with Gasteiger partial charge in [0.2, 0.25) is 11.9 Å². The van der Waals surface area contributed by atoms with Crippen LogP contribution < -0.4 is 0 Å². The second kappa shape index (κ2) is 8.50. The van der Waals surface area contributed by atoms with Crippen LogP contribution in [0.3, 0.4) is 0 Å². The van der Waals surface area contributed by atoms with Crippen LogP contribution >= 0.6 is 0 Å². The Kier molecular flexibility index (Phi) is 6.32. The number of benzene rings is 1. The van der Waals surface area contributed by atoms with Gasteiger partial charge in [0, 0.05) is 11.6 Å². The molecule has 2 atom stereocenters. The van der Waals surface area contributed by atoms with E-state index in [4.69, 9.17) is 14.2 Å². The lowest BCUT2D eigenvalue weighted by Crippen LogP contribution is -2.40. The van der Waals surface area contributed by atoms with Gasteiger partial charge in [0.15, 0.2) is 11.5 Å². The summed E-state index contributed by atoms with van der Waals surface area (Å²) in [6.45, 7) is 2.78. The molecular weight excluding hydrogens is 392 g/mol. The number of hydrogen-bond donors (Lipinski definition) is 4. The van der Waals surface area contributed by atoms with E-state index in [1.807, 2.05) is 0 Å². The minimum absolute atomic E-state index is 0.0516. The number of cyclic esters (lactones) is 1. The number of carbonyl (C=O) groups is 4. The molecule has 0 spiro atoms. The zero-order chi connectivity index (χ0) is 21.9. The van der Waals surface area contributed by atoms with E-state index in [-0.39, 0.29) is 13.2 Å². The van der Waals surface area contributed by atoms with Crippen LogP contribution in [0.15, 0.2) is 17.7 Å². The molecule has 1 aliphatic heterocycles. The number of phenolic OH excluding ortho intramolecular Hbond substituents is 3. The van der Waals surface area contributed by atoms with Gasteiger partial charge < -0.3 is 34.6 Å². The molecule has 1 heterocycles. The maximum absolute atomic E-state index is 12.5. The van der Waals surface area contributed by atoms with Crippen LogP contribution in [-0.4, -0.2) is 63.6 Å². The van der Waals surface area contributed by atoms with E-state index in [0.717, 1.165) is 6.07 Å². The summed E-state index contributed by atoms with van der Waals surface area (Å²) in [5.41, 5.74) is -1.61. The summed E-state index contributed by atoms with van der Waals surface area (Å²) in [4.78, 5) is 48.3. The van der Waals surface area contributed by atoms with Gasteiger partial charge >= 0.3 is 23.9 Å².